The molecule has 0 aliphatic heterocycles. The summed E-state index contributed by atoms with van der Waals surface area (Å²) in [5.74, 6) is 2.49. The summed E-state index contributed by atoms with van der Waals surface area (Å²) >= 11 is 0. The van der Waals surface area contributed by atoms with Crippen LogP contribution >= 0.6 is 0 Å². The summed E-state index contributed by atoms with van der Waals surface area (Å²) in [5, 5.41) is 3.17. The van der Waals surface area contributed by atoms with Gasteiger partial charge in [-0.05, 0) is 24.3 Å². The predicted octanol–water partition coefficient (Wildman–Crippen LogP) is 10.0. The van der Waals surface area contributed by atoms with Gasteiger partial charge in [-0.2, -0.15) is 0 Å². The second kappa shape index (κ2) is 11.1. The molecule has 3 heterocycles. The SMILES string of the molecule is c1ccc(-c2nc(-c3ccccc3)nc(-c3ccc(-c4nc(-c5ccc6c(c5)oc5ccccc56)c5ccccc5n4)cc3)n2)cc1. The largest absolute Gasteiger partial charge is 0.456 e. The van der Waals surface area contributed by atoms with Gasteiger partial charge in [0.05, 0.1) is 11.2 Å². The number of aromatic nitrogens is 5. The van der Waals surface area contributed by atoms with Crippen molar-refractivity contribution in [1.29, 1.82) is 0 Å². The van der Waals surface area contributed by atoms with E-state index in [2.05, 4.69) is 30.3 Å². The molecular weight excluding hydrogens is 578 g/mol. The third-order valence-corrected chi connectivity index (χ3v) is 8.36. The number of nitrogens with zero attached hydrogens (tertiary/aromatic N) is 5. The highest BCUT2D eigenvalue weighted by atomic mass is 16.3. The Morgan fingerprint density at radius 2 is 0.787 bits per heavy atom. The minimum Gasteiger partial charge on any atom is -0.456 e. The van der Waals surface area contributed by atoms with Gasteiger partial charge in [0, 0.05) is 44.0 Å². The van der Waals surface area contributed by atoms with Gasteiger partial charge in [0.25, 0.3) is 0 Å². The molecule has 6 heteroatoms. The fraction of sp³-hybridized carbons (Fsp3) is 0. The van der Waals surface area contributed by atoms with Gasteiger partial charge >= 0.3 is 0 Å². The third kappa shape index (κ3) is 4.89. The molecule has 9 rings (SSSR count). The summed E-state index contributed by atoms with van der Waals surface area (Å²) in [6.07, 6.45) is 0. The Balaban J connectivity index is 1.13. The normalized spacial score (nSPS) is 11.4. The number of rotatable bonds is 5. The van der Waals surface area contributed by atoms with E-state index < -0.39 is 0 Å². The minimum atomic E-state index is 0.600. The van der Waals surface area contributed by atoms with Gasteiger partial charge in [-0.1, -0.05) is 127 Å². The van der Waals surface area contributed by atoms with Gasteiger partial charge in [-0.25, -0.2) is 24.9 Å². The lowest BCUT2D eigenvalue weighted by Gasteiger charge is -2.11. The first-order valence-corrected chi connectivity index (χ1v) is 15.4. The lowest BCUT2D eigenvalue weighted by molar-refractivity contribution is 0.669. The van der Waals surface area contributed by atoms with Crippen molar-refractivity contribution in [3.63, 3.8) is 0 Å². The van der Waals surface area contributed by atoms with E-state index in [1.54, 1.807) is 0 Å². The molecule has 220 valence electrons. The van der Waals surface area contributed by atoms with Gasteiger partial charge < -0.3 is 4.42 Å². The molecule has 0 amide bonds. The Morgan fingerprint density at radius 3 is 1.43 bits per heavy atom. The summed E-state index contributed by atoms with van der Waals surface area (Å²) < 4.78 is 6.21. The van der Waals surface area contributed by atoms with E-state index in [1.807, 2.05) is 121 Å². The number of furan rings is 1. The molecule has 47 heavy (non-hydrogen) atoms. The topological polar surface area (TPSA) is 77.6 Å². The number of hydrogen-bond donors (Lipinski definition) is 0. The molecule has 0 bridgehead atoms. The summed E-state index contributed by atoms with van der Waals surface area (Å²) in [5.41, 5.74) is 8.05. The first-order valence-electron chi connectivity index (χ1n) is 15.4. The van der Waals surface area contributed by atoms with Crippen LogP contribution in [-0.2, 0) is 0 Å². The summed E-state index contributed by atoms with van der Waals surface area (Å²) in [6.45, 7) is 0. The Kier molecular flexibility index (Phi) is 6.35. The highest BCUT2D eigenvalue weighted by Crippen LogP contribution is 2.35. The Hall–Kier alpha value is -6.53. The van der Waals surface area contributed by atoms with E-state index in [0.29, 0.717) is 23.3 Å². The fourth-order valence-corrected chi connectivity index (χ4v) is 6.01. The fourth-order valence-electron chi connectivity index (χ4n) is 6.01. The van der Waals surface area contributed by atoms with Crippen molar-refractivity contribution in [3.05, 3.63) is 152 Å². The van der Waals surface area contributed by atoms with Gasteiger partial charge in [-0.3, -0.25) is 0 Å². The van der Waals surface area contributed by atoms with Crippen molar-refractivity contribution in [3.8, 4) is 56.8 Å². The summed E-state index contributed by atoms with van der Waals surface area (Å²) in [7, 11) is 0. The Bertz CT molecular complexity index is 2500. The number of hydrogen-bond acceptors (Lipinski definition) is 6. The second-order valence-corrected chi connectivity index (χ2v) is 11.3. The average molecular weight is 604 g/mol. The van der Waals surface area contributed by atoms with Crippen molar-refractivity contribution >= 4 is 32.8 Å². The van der Waals surface area contributed by atoms with Gasteiger partial charge in [0.1, 0.15) is 11.2 Å². The molecule has 0 unspecified atom stereocenters. The zero-order valence-electron chi connectivity index (χ0n) is 25.1. The lowest BCUT2D eigenvalue weighted by atomic mass is 10.0. The summed E-state index contributed by atoms with van der Waals surface area (Å²) in [4.78, 5) is 24.6. The van der Waals surface area contributed by atoms with E-state index in [-0.39, 0.29) is 0 Å². The van der Waals surface area contributed by atoms with Crippen LogP contribution in [0.5, 0.6) is 0 Å². The van der Waals surface area contributed by atoms with Crippen molar-refractivity contribution in [2.45, 2.75) is 0 Å². The van der Waals surface area contributed by atoms with Crippen molar-refractivity contribution < 1.29 is 4.42 Å². The molecule has 0 radical (unpaired) electrons. The molecule has 9 aromatic rings. The van der Waals surface area contributed by atoms with Crippen molar-refractivity contribution in [2.75, 3.05) is 0 Å². The Labute approximate surface area is 270 Å². The van der Waals surface area contributed by atoms with Crippen LogP contribution in [0.15, 0.2) is 156 Å². The molecular formula is C41H25N5O. The molecule has 0 aliphatic carbocycles. The molecule has 3 aromatic heterocycles. The standard InChI is InChI=1S/C41H25N5O/c1-3-11-26(12-4-1)39-44-40(27-13-5-2-6-14-27)46-41(45-39)29-21-19-28(20-22-29)38-42-34-17-9-7-16-33(34)37(43-38)30-23-24-32-31-15-8-10-18-35(31)47-36(32)25-30/h1-25H. The maximum absolute atomic E-state index is 6.21. The van der Waals surface area contributed by atoms with Crippen LogP contribution in [0.25, 0.3) is 89.7 Å². The number of fused-ring (bicyclic) bond motifs is 4. The van der Waals surface area contributed by atoms with Crippen LogP contribution < -0.4 is 0 Å². The smallest absolute Gasteiger partial charge is 0.164 e. The van der Waals surface area contributed by atoms with Gasteiger partial charge in [0.2, 0.25) is 0 Å². The lowest BCUT2D eigenvalue weighted by Crippen LogP contribution is -2.00. The van der Waals surface area contributed by atoms with Gasteiger partial charge in [-0.15, -0.1) is 0 Å². The zero-order valence-corrected chi connectivity index (χ0v) is 25.1. The number of para-hydroxylation sites is 2. The first kappa shape index (κ1) is 26.8. The van der Waals surface area contributed by atoms with Crippen molar-refractivity contribution in [2.24, 2.45) is 0 Å². The summed E-state index contributed by atoms with van der Waals surface area (Å²) in [6, 6.07) is 50.6. The molecule has 0 spiro atoms. The molecule has 0 fully saturated rings. The van der Waals surface area contributed by atoms with Crippen LogP contribution in [0.3, 0.4) is 0 Å². The molecule has 0 aliphatic rings. The van der Waals surface area contributed by atoms with Crippen LogP contribution in [0, 0.1) is 0 Å². The minimum absolute atomic E-state index is 0.600. The molecule has 0 saturated heterocycles. The Morgan fingerprint density at radius 1 is 0.319 bits per heavy atom. The molecule has 6 nitrogen and oxygen atoms in total. The predicted molar refractivity (Wildman–Crippen MR) is 187 cm³/mol. The monoisotopic (exact) mass is 603 g/mol. The molecule has 0 atom stereocenters. The first-order chi connectivity index (χ1) is 23.3. The average Bonchev–Trinajstić information content (AvgIpc) is 3.53. The third-order valence-electron chi connectivity index (χ3n) is 8.36. The maximum atomic E-state index is 6.21. The van der Waals surface area contributed by atoms with E-state index in [4.69, 9.17) is 29.3 Å². The molecule has 0 N–H and O–H groups in total. The highest BCUT2D eigenvalue weighted by molar-refractivity contribution is 6.06. The van der Waals surface area contributed by atoms with Crippen LogP contribution in [-0.4, -0.2) is 24.9 Å². The highest BCUT2D eigenvalue weighted by Gasteiger charge is 2.16. The molecule has 0 saturated carbocycles. The zero-order chi connectivity index (χ0) is 31.2. The quantitative estimate of drug-likeness (QED) is 0.195. The van der Waals surface area contributed by atoms with Crippen molar-refractivity contribution in [1.82, 2.24) is 24.9 Å². The van der Waals surface area contributed by atoms with E-state index in [0.717, 1.165) is 66.4 Å². The van der Waals surface area contributed by atoms with E-state index >= 15 is 0 Å². The number of benzene rings is 6. The van der Waals surface area contributed by atoms with E-state index in [9.17, 15) is 0 Å². The van der Waals surface area contributed by atoms with Gasteiger partial charge in [0.15, 0.2) is 23.3 Å². The van der Waals surface area contributed by atoms with Crippen LogP contribution in [0.2, 0.25) is 0 Å². The molecule has 6 aromatic carbocycles. The second-order valence-electron chi connectivity index (χ2n) is 11.3. The maximum Gasteiger partial charge on any atom is 0.164 e. The van der Waals surface area contributed by atoms with E-state index in [1.165, 1.54) is 0 Å². The van der Waals surface area contributed by atoms with Crippen LogP contribution in [0.4, 0.5) is 0 Å². The van der Waals surface area contributed by atoms with Crippen LogP contribution in [0.1, 0.15) is 0 Å².